The Morgan fingerprint density at radius 2 is 1.11 bits per heavy atom. The molecule has 1 aliphatic rings. The van der Waals surface area contributed by atoms with Gasteiger partial charge in [0.2, 0.25) is 0 Å². The van der Waals surface area contributed by atoms with Crippen LogP contribution in [0.4, 0.5) is 9.59 Å². The molecule has 0 aromatic carbocycles. The minimum absolute atomic E-state index is 0.0939. The van der Waals surface area contributed by atoms with Gasteiger partial charge in [-0.1, -0.05) is 46.0 Å². The zero-order valence-corrected chi connectivity index (χ0v) is 22.6. The number of hydrogen-bond donors (Lipinski definition) is 0. The molecule has 0 N–H and O–H groups in total. The molecule has 0 heterocycles. The highest BCUT2D eigenvalue weighted by atomic mass is 16.7. The van der Waals surface area contributed by atoms with Gasteiger partial charge in [0.25, 0.3) is 0 Å². The maximum absolute atomic E-state index is 12.3. The van der Waals surface area contributed by atoms with Crippen LogP contribution in [0.5, 0.6) is 0 Å². The van der Waals surface area contributed by atoms with E-state index in [-0.39, 0.29) is 31.0 Å². The van der Waals surface area contributed by atoms with Crippen molar-refractivity contribution in [1.82, 2.24) is 0 Å². The molecule has 35 heavy (non-hydrogen) atoms. The summed E-state index contributed by atoms with van der Waals surface area (Å²) in [5.74, 6) is 0. The molecular formula is C27H50O8. The van der Waals surface area contributed by atoms with Gasteiger partial charge in [0.05, 0.1) is 12.7 Å². The molecule has 0 bridgehead atoms. The van der Waals surface area contributed by atoms with Crippen LogP contribution in [0.15, 0.2) is 0 Å². The second-order valence-corrected chi connectivity index (χ2v) is 9.50. The van der Waals surface area contributed by atoms with Crippen LogP contribution in [-0.2, 0) is 28.4 Å². The Kier molecular flexibility index (Phi) is 18.6. The molecule has 0 saturated heterocycles. The zero-order valence-electron chi connectivity index (χ0n) is 22.6. The Bertz CT molecular complexity index is 537. The lowest BCUT2D eigenvalue weighted by atomic mass is 10.0. The summed E-state index contributed by atoms with van der Waals surface area (Å²) >= 11 is 0. The monoisotopic (exact) mass is 502 g/mol. The predicted molar refractivity (Wildman–Crippen MR) is 135 cm³/mol. The van der Waals surface area contributed by atoms with E-state index in [2.05, 4.69) is 0 Å². The number of rotatable bonds is 10. The molecule has 4 unspecified atom stereocenters. The van der Waals surface area contributed by atoms with E-state index in [1.807, 2.05) is 13.8 Å². The first-order valence-corrected chi connectivity index (χ1v) is 13.7. The molecule has 0 aliphatic heterocycles. The van der Waals surface area contributed by atoms with Gasteiger partial charge in [0, 0.05) is 14.2 Å². The van der Waals surface area contributed by atoms with Gasteiger partial charge < -0.3 is 28.4 Å². The molecular weight excluding hydrogens is 452 g/mol. The van der Waals surface area contributed by atoms with Crippen LogP contribution < -0.4 is 0 Å². The number of ether oxygens (including phenoxy) is 6. The van der Waals surface area contributed by atoms with Crippen LogP contribution in [0.25, 0.3) is 0 Å². The van der Waals surface area contributed by atoms with Crippen molar-refractivity contribution in [2.75, 3.05) is 27.4 Å². The second-order valence-electron chi connectivity index (χ2n) is 9.50. The van der Waals surface area contributed by atoms with Gasteiger partial charge >= 0.3 is 12.3 Å². The third kappa shape index (κ3) is 15.9. The fourth-order valence-electron chi connectivity index (χ4n) is 4.30. The summed E-state index contributed by atoms with van der Waals surface area (Å²) in [5, 5.41) is 0. The number of carbonyl (C=O) groups excluding carboxylic acids is 2. The highest BCUT2D eigenvalue weighted by Crippen LogP contribution is 2.21. The van der Waals surface area contributed by atoms with E-state index in [0.29, 0.717) is 13.0 Å². The van der Waals surface area contributed by atoms with E-state index in [1.165, 1.54) is 0 Å². The second kappa shape index (κ2) is 20.6. The Balaban J connectivity index is 2.46. The van der Waals surface area contributed by atoms with Crippen molar-refractivity contribution < 1.29 is 38.0 Å². The van der Waals surface area contributed by atoms with Crippen LogP contribution in [0.3, 0.4) is 0 Å². The van der Waals surface area contributed by atoms with E-state index >= 15 is 0 Å². The number of hydrogen-bond acceptors (Lipinski definition) is 8. The van der Waals surface area contributed by atoms with Crippen LogP contribution in [-0.4, -0.2) is 64.2 Å². The Morgan fingerprint density at radius 3 is 1.54 bits per heavy atom. The van der Waals surface area contributed by atoms with Crippen LogP contribution in [0, 0.1) is 0 Å². The largest absolute Gasteiger partial charge is 0.508 e. The van der Waals surface area contributed by atoms with Gasteiger partial charge in [0.1, 0.15) is 24.9 Å². The fraction of sp³-hybridized carbons (Fsp3) is 0.926. The summed E-state index contributed by atoms with van der Waals surface area (Å²) in [6.07, 6.45) is 12.6. The molecule has 0 amide bonds. The van der Waals surface area contributed by atoms with Crippen molar-refractivity contribution in [2.24, 2.45) is 0 Å². The molecule has 0 radical (unpaired) electrons. The molecule has 0 aromatic heterocycles. The number of carbonyl (C=O) groups is 2. The molecule has 8 nitrogen and oxygen atoms in total. The molecule has 1 saturated carbocycles. The first-order valence-electron chi connectivity index (χ1n) is 13.7. The smallest absolute Gasteiger partial charge is 0.432 e. The van der Waals surface area contributed by atoms with Crippen molar-refractivity contribution in [2.45, 2.75) is 135 Å². The zero-order chi connectivity index (χ0) is 25.7. The van der Waals surface area contributed by atoms with Gasteiger partial charge in [-0.15, -0.1) is 0 Å². The average molecular weight is 503 g/mol. The van der Waals surface area contributed by atoms with Crippen LogP contribution in [0.1, 0.15) is 110 Å². The summed E-state index contributed by atoms with van der Waals surface area (Å²) in [6, 6.07) is 0. The van der Waals surface area contributed by atoms with Crippen molar-refractivity contribution in [1.29, 1.82) is 0 Å². The molecule has 0 spiro atoms. The summed E-state index contributed by atoms with van der Waals surface area (Å²) in [5.41, 5.74) is 0. The quantitative estimate of drug-likeness (QED) is 0.296. The Labute approximate surface area is 212 Å². The maximum Gasteiger partial charge on any atom is 0.508 e. The third-order valence-corrected chi connectivity index (χ3v) is 6.63. The summed E-state index contributed by atoms with van der Waals surface area (Å²) < 4.78 is 32.3. The van der Waals surface area contributed by atoms with Gasteiger partial charge in [-0.25, -0.2) is 9.59 Å². The molecule has 1 fully saturated rings. The van der Waals surface area contributed by atoms with E-state index in [4.69, 9.17) is 28.4 Å². The minimum Gasteiger partial charge on any atom is -0.432 e. The first kappa shape index (κ1) is 31.5. The van der Waals surface area contributed by atoms with Gasteiger partial charge in [-0.2, -0.15) is 0 Å². The molecule has 1 aliphatic carbocycles. The summed E-state index contributed by atoms with van der Waals surface area (Å²) in [7, 11) is 3.22. The number of methoxy groups -OCH3 is 2. The Hall–Kier alpha value is -1.54. The third-order valence-electron chi connectivity index (χ3n) is 6.63. The van der Waals surface area contributed by atoms with Gasteiger partial charge in [-0.3, -0.25) is 0 Å². The van der Waals surface area contributed by atoms with Crippen molar-refractivity contribution >= 4 is 12.3 Å². The standard InChI is InChI=1S/C27H50O8/c1-5-22(31-4)21-32-26(28)34-24-16-12-8-7-9-13-18-25(19-15-11-10-14-17-24)35-27(29)33-23(6-2)20-30-3/h22-25H,5-21H2,1-4H3. The lowest BCUT2D eigenvalue weighted by Gasteiger charge is -2.20. The Morgan fingerprint density at radius 1 is 0.657 bits per heavy atom. The summed E-state index contributed by atoms with van der Waals surface area (Å²) in [6.45, 7) is 4.56. The highest BCUT2D eigenvalue weighted by molar-refractivity contribution is 5.60. The highest BCUT2D eigenvalue weighted by Gasteiger charge is 2.20. The first-order chi connectivity index (χ1) is 17.0. The minimum atomic E-state index is -0.592. The average Bonchev–Trinajstić information content (AvgIpc) is 2.85. The van der Waals surface area contributed by atoms with E-state index in [9.17, 15) is 9.59 Å². The van der Waals surface area contributed by atoms with Crippen molar-refractivity contribution in [3.63, 3.8) is 0 Å². The lowest BCUT2D eigenvalue weighted by Crippen LogP contribution is -2.26. The normalized spacial score (nSPS) is 22.6. The predicted octanol–water partition coefficient (Wildman–Crippen LogP) is 6.96. The van der Waals surface area contributed by atoms with E-state index < -0.39 is 12.3 Å². The van der Waals surface area contributed by atoms with Gasteiger partial charge in [0.15, 0.2) is 0 Å². The topological polar surface area (TPSA) is 89.5 Å². The lowest BCUT2D eigenvalue weighted by molar-refractivity contribution is -0.0281. The molecule has 4 atom stereocenters. The van der Waals surface area contributed by atoms with Crippen molar-refractivity contribution in [3.8, 4) is 0 Å². The summed E-state index contributed by atoms with van der Waals surface area (Å²) in [4.78, 5) is 24.4. The molecule has 1 rings (SSSR count). The molecule has 8 heteroatoms. The SMILES string of the molecule is CCC(COC(=O)OC1CCCCCCCC(OC(=O)OC(CC)COC)CCCCCC1)OC. The molecule has 0 aromatic rings. The van der Waals surface area contributed by atoms with Crippen molar-refractivity contribution in [3.05, 3.63) is 0 Å². The van der Waals surface area contributed by atoms with Crippen LogP contribution >= 0.6 is 0 Å². The fourth-order valence-corrected chi connectivity index (χ4v) is 4.30. The maximum atomic E-state index is 12.3. The van der Waals surface area contributed by atoms with Crippen LogP contribution in [0.2, 0.25) is 0 Å². The van der Waals surface area contributed by atoms with E-state index in [0.717, 1.165) is 89.9 Å². The van der Waals surface area contributed by atoms with Gasteiger partial charge in [-0.05, 0) is 64.2 Å². The van der Waals surface area contributed by atoms with E-state index in [1.54, 1.807) is 14.2 Å². The molecule has 206 valence electrons.